The summed E-state index contributed by atoms with van der Waals surface area (Å²) in [6.07, 6.45) is 1.73. The van der Waals surface area contributed by atoms with E-state index in [1.54, 1.807) is 6.08 Å². The Balaban J connectivity index is 2.76. The molecule has 0 aliphatic heterocycles. The molecule has 0 N–H and O–H groups in total. The van der Waals surface area contributed by atoms with E-state index >= 15 is 0 Å². The fraction of sp³-hybridized carbons (Fsp3) is 0.111. The maximum Gasteiger partial charge on any atom is 0.0777 e. The molecule has 1 rings (SSSR count). The Hall–Kier alpha value is -0.460. The van der Waals surface area contributed by atoms with Gasteiger partial charge in [-0.15, -0.1) is 11.6 Å². The van der Waals surface area contributed by atoms with Crippen molar-refractivity contribution < 1.29 is 0 Å². The molecule has 0 bridgehead atoms. The summed E-state index contributed by atoms with van der Waals surface area (Å²) in [5.74, 6) is 0. The highest BCUT2D eigenvalue weighted by atomic mass is 35.5. The van der Waals surface area contributed by atoms with Crippen LogP contribution in [0.2, 0.25) is 0 Å². The third-order valence-corrected chi connectivity index (χ3v) is 1.90. The van der Waals surface area contributed by atoms with Gasteiger partial charge in [0.1, 0.15) is 0 Å². The van der Waals surface area contributed by atoms with Crippen molar-refractivity contribution in [3.05, 3.63) is 47.5 Å². The summed E-state index contributed by atoms with van der Waals surface area (Å²) in [4.78, 5) is 0. The molecule has 0 saturated carbocycles. The van der Waals surface area contributed by atoms with Gasteiger partial charge in [0.25, 0.3) is 0 Å². The highest BCUT2D eigenvalue weighted by Crippen LogP contribution is 2.21. The number of alkyl halides is 1. The van der Waals surface area contributed by atoms with Gasteiger partial charge in [0.15, 0.2) is 0 Å². The first-order valence-corrected chi connectivity index (χ1v) is 4.18. The van der Waals surface area contributed by atoms with E-state index in [0.29, 0.717) is 0 Å². The van der Waals surface area contributed by atoms with Crippen LogP contribution >= 0.6 is 23.2 Å². The highest BCUT2D eigenvalue weighted by molar-refractivity contribution is 6.27. The van der Waals surface area contributed by atoms with E-state index < -0.39 is 0 Å². The van der Waals surface area contributed by atoms with Gasteiger partial charge in [-0.1, -0.05) is 48.0 Å². The van der Waals surface area contributed by atoms with E-state index in [-0.39, 0.29) is 5.38 Å². The molecule has 0 radical (unpaired) electrons. The second-order valence-electron chi connectivity index (χ2n) is 2.13. The number of rotatable bonds is 2. The van der Waals surface area contributed by atoms with Gasteiger partial charge in [-0.25, -0.2) is 0 Å². The van der Waals surface area contributed by atoms with Crippen LogP contribution in [0.15, 0.2) is 41.9 Å². The predicted molar refractivity (Wildman–Crippen MR) is 50.0 cm³/mol. The SMILES string of the molecule is Cl/C=C/C(Cl)c1ccccc1. The number of hydrogen-bond donors (Lipinski definition) is 0. The minimum Gasteiger partial charge on any atom is -0.113 e. The van der Waals surface area contributed by atoms with Crippen LogP contribution in [-0.2, 0) is 0 Å². The van der Waals surface area contributed by atoms with E-state index in [4.69, 9.17) is 23.2 Å². The first-order valence-electron chi connectivity index (χ1n) is 3.30. The molecule has 58 valence electrons. The molecule has 0 aliphatic rings. The molecule has 1 aromatic carbocycles. The summed E-state index contributed by atoms with van der Waals surface area (Å²) < 4.78 is 0. The van der Waals surface area contributed by atoms with E-state index in [9.17, 15) is 0 Å². The summed E-state index contributed by atoms with van der Waals surface area (Å²) in [7, 11) is 0. The zero-order valence-electron chi connectivity index (χ0n) is 5.87. The molecule has 1 atom stereocenters. The first-order chi connectivity index (χ1) is 5.34. The number of hydrogen-bond acceptors (Lipinski definition) is 0. The normalized spacial score (nSPS) is 13.6. The Labute approximate surface area is 76.4 Å². The van der Waals surface area contributed by atoms with Crippen LogP contribution in [0.4, 0.5) is 0 Å². The number of benzene rings is 1. The molecule has 0 aromatic heterocycles. The summed E-state index contributed by atoms with van der Waals surface area (Å²) in [6, 6.07) is 9.79. The second kappa shape index (κ2) is 4.42. The highest BCUT2D eigenvalue weighted by Gasteiger charge is 2.00. The van der Waals surface area contributed by atoms with Crippen molar-refractivity contribution >= 4 is 23.2 Å². The molecule has 1 unspecified atom stereocenters. The number of halogens is 2. The molecule has 0 heterocycles. The van der Waals surface area contributed by atoms with Crippen molar-refractivity contribution in [1.29, 1.82) is 0 Å². The molecule has 0 amide bonds. The zero-order chi connectivity index (χ0) is 8.10. The van der Waals surface area contributed by atoms with Gasteiger partial charge in [-0.3, -0.25) is 0 Å². The molecular weight excluding hydrogens is 179 g/mol. The topological polar surface area (TPSA) is 0 Å². The molecule has 0 spiro atoms. The van der Waals surface area contributed by atoms with Crippen LogP contribution < -0.4 is 0 Å². The van der Waals surface area contributed by atoms with Crippen molar-refractivity contribution in [2.75, 3.05) is 0 Å². The van der Waals surface area contributed by atoms with Crippen LogP contribution in [0.3, 0.4) is 0 Å². The van der Waals surface area contributed by atoms with Gasteiger partial charge in [-0.05, 0) is 5.56 Å². The molecule has 0 nitrogen and oxygen atoms in total. The van der Waals surface area contributed by atoms with Gasteiger partial charge in [0.2, 0.25) is 0 Å². The Morgan fingerprint density at radius 1 is 1.18 bits per heavy atom. The third-order valence-electron chi connectivity index (χ3n) is 1.36. The third kappa shape index (κ3) is 2.57. The Kier molecular flexibility index (Phi) is 3.47. The minimum atomic E-state index is -0.117. The lowest BCUT2D eigenvalue weighted by molar-refractivity contribution is 1.22. The number of allylic oxidation sites excluding steroid dienone is 1. The molecule has 0 aliphatic carbocycles. The Bertz CT molecular complexity index is 229. The molecule has 11 heavy (non-hydrogen) atoms. The van der Waals surface area contributed by atoms with Gasteiger partial charge in [0, 0.05) is 5.54 Å². The van der Waals surface area contributed by atoms with Crippen LogP contribution in [0.25, 0.3) is 0 Å². The average molecular weight is 187 g/mol. The van der Waals surface area contributed by atoms with Crippen molar-refractivity contribution in [1.82, 2.24) is 0 Å². The van der Waals surface area contributed by atoms with Crippen LogP contribution in [-0.4, -0.2) is 0 Å². The molecule has 1 aromatic rings. The van der Waals surface area contributed by atoms with E-state index in [1.807, 2.05) is 30.3 Å². The van der Waals surface area contributed by atoms with E-state index in [2.05, 4.69) is 0 Å². The molecule has 0 fully saturated rings. The van der Waals surface area contributed by atoms with Crippen LogP contribution in [0.1, 0.15) is 10.9 Å². The smallest absolute Gasteiger partial charge is 0.0777 e. The quantitative estimate of drug-likeness (QED) is 0.619. The predicted octanol–water partition coefficient (Wildman–Crippen LogP) is 3.72. The maximum absolute atomic E-state index is 5.94. The van der Waals surface area contributed by atoms with Crippen LogP contribution in [0.5, 0.6) is 0 Å². The standard InChI is InChI=1S/C9H8Cl2/c10-7-6-9(11)8-4-2-1-3-5-8/h1-7,9H/b7-6+. The fourth-order valence-electron chi connectivity index (χ4n) is 0.812. The lowest BCUT2D eigenvalue weighted by atomic mass is 10.1. The summed E-state index contributed by atoms with van der Waals surface area (Å²) >= 11 is 11.3. The lowest BCUT2D eigenvalue weighted by Crippen LogP contribution is -1.82. The summed E-state index contributed by atoms with van der Waals surface area (Å²) in [6.45, 7) is 0. The van der Waals surface area contributed by atoms with Crippen molar-refractivity contribution in [2.24, 2.45) is 0 Å². The van der Waals surface area contributed by atoms with Crippen LogP contribution in [0, 0.1) is 0 Å². The van der Waals surface area contributed by atoms with Gasteiger partial charge in [0.05, 0.1) is 5.38 Å². The average Bonchev–Trinajstić information content (AvgIpc) is 2.07. The maximum atomic E-state index is 5.94. The second-order valence-corrected chi connectivity index (χ2v) is 2.85. The Morgan fingerprint density at radius 2 is 1.82 bits per heavy atom. The lowest BCUT2D eigenvalue weighted by Gasteiger charge is -2.01. The zero-order valence-corrected chi connectivity index (χ0v) is 7.39. The fourth-order valence-corrected chi connectivity index (χ4v) is 1.25. The molecule has 2 heteroatoms. The summed E-state index contributed by atoms with van der Waals surface area (Å²) in [5, 5.41) is -0.117. The largest absolute Gasteiger partial charge is 0.113 e. The first kappa shape index (κ1) is 8.63. The molecule has 0 saturated heterocycles. The minimum absolute atomic E-state index is 0.117. The van der Waals surface area contributed by atoms with Crippen molar-refractivity contribution in [2.45, 2.75) is 5.38 Å². The molecular formula is C9H8Cl2. The van der Waals surface area contributed by atoms with E-state index in [0.717, 1.165) is 5.56 Å². The summed E-state index contributed by atoms with van der Waals surface area (Å²) in [5.41, 5.74) is 2.50. The van der Waals surface area contributed by atoms with Gasteiger partial charge in [-0.2, -0.15) is 0 Å². The van der Waals surface area contributed by atoms with Crippen molar-refractivity contribution in [3.8, 4) is 0 Å². The van der Waals surface area contributed by atoms with Crippen molar-refractivity contribution in [3.63, 3.8) is 0 Å². The monoisotopic (exact) mass is 186 g/mol. The van der Waals surface area contributed by atoms with Gasteiger partial charge < -0.3 is 0 Å². The van der Waals surface area contributed by atoms with Gasteiger partial charge >= 0.3 is 0 Å². The Morgan fingerprint density at radius 3 is 2.36 bits per heavy atom. The van der Waals surface area contributed by atoms with E-state index in [1.165, 1.54) is 5.54 Å².